The number of nitrogens with one attached hydrogen (secondary N) is 1. The van der Waals surface area contributed by atoms with Crippen LogP contribution in [0.2, 0.25) is 0 Å². The summed E-state index contributed by atoms with van der Waals surface area (Å²) in [5, 5.41) is 3.06. The highest BCUT2D eigenvalue weighted by atomic mass is 16.2. The molecule has 1 amide bonds. The lowest BCUT2D eigenvalue weighted by Crippen LogP contribution is -2.46. The van der Waals surface area contributed by atoms with Crippen molar-refractivity contribution in [3.8, 4) is 0 Å². The van der Waals surface area contributed by atoms with Crippen molar-refractivity contribution in [1.29, 1.82) is 0 Å². The highest BCUT2D eigenvalue weighted by Crippen LogP contribution is 2.52. The summed E-state index contributed by atoms with van der Waals surface area (Å²) in [5.41, 5.74) is 0.727. The van der Waals surface area contributed by atoms with Gasteiger partial charge in [-0.25, -0.2) is 0 Å². The molecule has 1 N–H and O–H groups in total. The normalized spacial score (nSPS) is 37.0. The van der Waals surface area contributed by atoms with E-state index in [-0.39, 0.29) is 11.9 Å². The van der Waals surface area contributed by atoms with Crippen molar-refractivity contribution in [2.45, 2.75) is 59.0 Å². The molecule has 1 heterocycles. The number of nitrogens with zero attached hydrogens (tertiary/aromatic N) is 1. The number of carbonyl (C=O) groups is 1. The van der Waals surface area contributed by atoms with Crippen molar-refractivity contribution in [2.75, 3.05) is 13.6 Å². The molecule has 0 aromatic heterocycles. The van der Waals surface area contributed by atoms with E-state index >= 15 is 0 Å². The van der Waals surface area contributed by atoms with Crippen LogP contribution in [-0.2, 0) is 4.79 Å². The molecule has 2 aliphatic rings. The Balaban J connectivity index is 2.16. The molecule has 1 saturated heterocycles. The lowest BCUT2D eigenvalue weighted by molar-refractivity contribution is -0.134. The predicted molar refractivity (Wildman–Crippen MR) is 69.8 cm³/mol. The van der Waals surface area contributed by atoms with Crippen molar-refractivity contribution >= 4 is 5.91 Å². The van der Waals surface area contributed by atoms with E-state index in [4.69, 9.17) is 0 Å². The van der Waals surface area contributed by atoms with Crippen LogP contribution < -0.4 is 5.32 Å². The molecule has 0 aromatic carbocycles. The van der Waals surface area contributed by atoms with E-state index in [9.17, 15) is 4.79 Å². The third-order valence-electron chi connectivity index (χ3n) is 4.50. The van der Waals surface area contributed by atoms with Crippen LogP contribution in [0.5, 0.6) is 0 Å². The van der Waals surface area contributed by atoms with Crippen LogP contribution in [0.3, 0.4) is 0 Å². The van der Waals surface area contributed by atoms with Gasteiger partial charge in [0.1, 0.15) is 0 Å². The average Bonchev–Trinajstić information content (AvgIpc) is 2.45. The van der Waals surface area contributed by atoms with Crippen molar-refractivity contribution in [3.63, 3.8) is 0 Å². The fourth-order valence-corrected chi connectivity index (χ4v) is 4.09. The van der Waals surface area contributed by atoms with Gasteiger partial charge in [0, 0.05) is 12.6 Å². The van der Waals surface area contributed by atoms with Crippen LogP contribution in [0.1, 0.15) is 47.0 Å². The minimum atomic E-state index is -0.0546. The number of fused-ring (bicyclic) bond motifs is 2. The highest BCUT2D eigenvalue weighted by molar-refractivity contribution is 5.82. The predicted octanol–water partition coefficient (Wildman–Crippen LogP) is 2.02. The largest absolute Gasteiger partial charge is 0.338 e. The smallest absolute Gasteiger partial charge is 0.239 e. The zero-order chi connectivity index (χ0) is 12.8. The van der Waals surface area contributed by atoms with E-state index in [0.29, 0.717) is 16.9 Å². The van der Waals surface area contributed by atoms with Crippen LogP contribution in [0.15, 0.2) is 0 Å². The molecule has 0 radical (unpaired) electrons. The summed E-state index contributed by atoms with van der Waals surface area (Å²) in [6, 6.07) is 0.410. The van der Waals surface area contributed by atoms with Crippen LogP contribution in [0.25, 0.3) is 0 Å². The van der Waals surface area contributed by atoms with E-state index < -0.39 is 0 Å². The van der Waals surface area contributed by atoms with Gasteiger partial charge in [-0.15, -0.1) is 0 Å². The highest BCUT2D eigenvalue weighted by Gasteiger charge is 2.51. The maximum absolute atomic E-state index is 12.3. The Labute approximate surface area is 105 Å². The molecule has 0 spiro atoms. The third kappa shape index (κ3) is 2.35. The number of hydrogen-bond acceptors (Lipinski definition) is 2. The summed E-state index contributed by atoms with van der Waals surface area (Å²) in [6.07, 6.45) is 3.59. The molecule has 2 rings (SSSR count). The summed E-state index contributed by atoms with van der Waals surface area (Å²) < 4.78 is 0. The second-order valence-corrected chi connectivity index (χ2v) is 7.19. The van der Waals surface area contributed by atoms with Crippen LogP contribution in [0.4, 0.5) is 0 Å². The Hall–Kier alpha value is -0.570. The molecule has 1 aliphatic carbocycles. The fraction of sp³-hybridized carbons (Fsp3) is 0.929. The number of amides is 1. The van der Waals surface area contributed by atoms with Crippen LogP contribution >= 0.6 is 0 Å². The second kappa shape index (κ2) is 3.98. The fourth-order valence-electron chi connectivity index (χ4n) is 4.09. The van der Waals surface area contributed by atoms with Crippen LogP contribution in [0, 0.1) is 10.8 Å². The van der Waals surface area contributed by atoms with Gasteiger partial charge in [0.2, 0.25) is 5.91 Å². The summed E-state index contributed by atoms with van der Waals surface area (Å²) in [5.74, 6) is 0.277. The summed E-state index contributed by atoms with van der Waals surface area (Å²) >= 11 is 0. The first-order valence-corrected chi connectivity index (χ1v) is 6.74. The number of hydrogen-bond donors (Lipinski definition) is 1. The van der Waals surface area contributed by atoms with Gasteiger partial charge in [-0.1, -0.05) is 20.8 Å². The molecule has 2 bridgehead atoms. The minimum absolute atomic E-state index is 0.0546. The second-order valence-electron chi connectivity index (χ2n) is 7.19. The first kappa shape index (κ1) is 12.9. The Bertz CT molecular complexity index is 326. The van der Waals surface area contributed by atoms with Gasteiger partial charge in [0.05, 0.1) is 6.04 Å². The molecular formula is C14H26N2O. The first-order valence-electron chi connectivity index (χ1n) is 6.74. The maximum Gasteiger partial charge on any atom is 0.239 e. The molecule has 3 nitrogen and oxygen atoms in total. The quantitative estimate of drug-likeness (QED) is 0.798. The minimum Gasteiger partial charge on any atom is -0.338 e. The van der Waals surface area contributed by atoms with E-state index in [2.05, 4.69) is 31.0 Å². The van der Waals surface area contributed by atoms with E-state index in [1.165, 1.54) is 12.8 Å². The van der Waals surface area contributed by atoms with Crippen molar-refractivity contribution in [1.82, 2.24) is 10.2 Å². The van der Waals surface area contributed by atoms with Crippen molar-refractivity contribution in [3.05, 3.63) is 0 Å². The van der Waals surface area contributed by atoms with E-state index in [1.807, 2.05) is 14.0 Å². The topological polar surface area (TPSA) is 32.3 Å². The molecule has 3 atom stereocenters. The number of likely N-dealkylation sites (N-methyl/N-ethyl adjacent to an activating group) is 1. The van der Waals surface area contributed by atoms with Crippen molar-refractivity contribution in [2.24, 2.45) is 10.8 Å². The van der Waals surface area contributed by atoms with Gasteiger partial charge in [0.15, 0.2) is 0 Å². The van der Waals surface area contributed by atoms with Gasteiger partial charge in [-0.3, -0.25) is 4.79 Å². The van der Waals surface area contributed by atoms with Crippen molar-refractivity contribution < 1.29 is 4.79 Å². The number of carbonyl (C=O) groups excluding carboxylic acids is 1. The Kier molecular flexibility index (Phi) is 3.01. The summed E-state index contributed by atoms with van der Waals surface area (Å²) in [7, 11) is 1.86. The molecule has 98 valence electrons. The van der Waals surface area contributed by atoms with Gasteiger partial charge in [-0.05, 0) is 44.1 Å². The summed E-state index contributed by atoms with van der Waals surface area (Å²) in [4.78, 5) is 14.5. The zero-order valence-corrected chi connectivity index (χ0v) is 11.8. The van der Waals surface area contributed by atoms with E-state index in [0.717, 1.165) is 13.0 Å². The third-order valence-corrected chi connectivity index (χ3v) is 4.50. The Morgan fingerprint density at radius 3 is 2.59 bits per heavy atom. The lowest BCUT2D eigenvalue weighted by atomic mass is 9.65. The molecule has 17 heavy (non-hydrogen) atoms. The molecule has 2 fully saturated rings. The molecule has 1 saturated carbocycles. The zero-order valence-electron chi connectivity index (χ0n) is 11.8. The summed E-state index contributed by atoms with van der Waals surface area (Å²) in [6.45, 7) is 9.93. The first-order chi connectivity index (χ1) is 7.76. The SMILES string of the molecule is CNC(C)C(=O)N1CC2(C)CC1CC(C)(C)C2. The Morgan fingerprint density at radius 1 is 1.35 bits per heavy atom. The van der Waals surface area contributed by atoms with Gasteiger partial charge in [0.25, 0.3) is 0 Å². The molecule has 3 heteroatoms. The molecular weight excluding hydrogens is 212 g/mol. The lowest BCUT2D eigenvalue weighted by Gasteiger charge is -2.39. The van der Waals surface area contributed by atoms with Crippen LogP contribution in [-0.4, -0.2) is 36.5 Å². The number of rotatable bonds is 2. The van der Waals surface area contributed by atoms with Gasteiger partial charge < -0.3 is 10.2 Å². The maximum atomic E-state index is 12.3. The monoisotopic (exact) mass is 238 g/mol. The van der Waals surface area contributed by atoms with E-state index in [1.54, 1.807) is 0 Å². The molecule has 0 aromatic rings. The van der Waals surface area contributed by atoms with Gasteiger partial charge in [-0.2, -0.15) is 0 Å². The number of likely N-dealkylation sites (tertiary alicyclic amines) is 1. The molecule has 1 aliphatic heterocycles. The van der Waals surface area contributed by atoms with Gasteiger partial charge >= 0.3 is 0 Å². The standard InChI is InChI=1S/C14H26N2O/c1-10(15-5)12(17)16-9-14(4)7-11(16)6-13(2,3)8-14/h10-11,15H,6-9H2,1-5H3. The average molecular weight is 238 g/mol. The Morgan fingerprint density at radius 2 is 2.00 bits per heavy atom. The molecule has 3 unspecified atom stereocenters.